The molecule has 1 atom stereocenters. The van der Waals surface area contributed by atoms with Gasteiger partial charge in [0.1, 0.15) is 6.23 Å². The van der Waals surface area contributed by atoms with Crippen LogP contribution >= 0.6 is 0 Å². The van der Waals surface area contributed by atoms with Gasteiger partial charge in [0.05, 0.1) is 13.0 Å². The van der Waals surface area contributed by atoms with E-state index in [-0.39, 0.29) is 12.2 Å². The summed E-state index contributed by atoms with van der Waals surface area (Å²) in [6.07, 6.45) is 6.13. The molecule has 0 spiro atoms. The van der Waals surface area contributed by atoms with Gasteiger partial charge in [0, 0.05) is 18.5 Å². The summed E-state index contributed by atoms with van der Waals surface area (Å²) < 4.78 is 12.5. The summed E-state index contributed by atoms with van der Waals surface area (Å²) in [6.45, 7) is 3.05. The Morgan fingerprint density at radius 3 is 3.22 bits per heavy atom. The molecule has 0 amide bonds. The second-order valence-corrected chi connectivity index (χ2v) is 4.39. The summed E-state index contributed by atoms with van der Waals surface area (Å²) in [5.41, 5.74) is 1.04. The number of rotatable bonds is 5. The third kappa shape index (κ3) is 3.32. The van der Waals surface area contributed by atoms with Crippen LogP contribution in [0.25, 0.3) is 0 Å². The van der Waals surface area contributed by atoms with Crippen LogP contribution in [0.3, 0.4) is 0 Å². The van der Waals surface area contributed by atoms with Crippen LogP contribution in [-0.4, -0.2) is 29.0 Å². The zero-order chi connectivity index (χ0) is 12.8. The van der Waals surface area contributed by atoms with Gasteiger partial charge in [-0.3, -0.25) is 4.79 Å². The van der Waals surface area contributed by atoms with Crippen molar-refractivity contribution < 1.29 is 14.3 Å². The molecule has 18 heavy (non-hydrogen) atoms. The lowest BCUT2D eigenvalue weighted by atomic mass is 10.1. The highest BCUT2D eigenvalue weighted by Crippen LogP contribution is 2.23. The van der Waals surface area contributed by atoms with Gasteiger partial charge in [0.2, 0.25) is 0 Å². The fourth-order valence-electron chi connectivity index (χ4n) is 2.18. The molecule has 0 N–H and O–H groups in total. The number of esters is 1. The molecule has 0 bridgehead atoms. The molecule has 0 radical (unpaired) electrons. The molecule has 5 heteroatoms. The number of hydrogen-bond donors (Lipinski definition) is 0. The average molecular weight is 252 g/mol. The molecule has 0 aliphatic carbocycles. The largest absolute Gasteiger partial charge is 0.466 e. The van der Waals surface area contributed by atoms with Crippen LogP contribution in [0.4, 0.5) is 0 Å². The monoisotopic (exact) mass is 252 g/mol. The van der Waals surface area contributed by atoms with E-state index in [4.69, 9.17) is 9.47 Å². The minimum Gasteiger partial charge on any atom is -0.466 e. The van der Waals surface area contributed by atoms with E-state index in [1.54, 1.807) is 6.20 Å². The standard InChI is InChI=1S/C13H20N2O3/c1-2-17-13(16)7-6-11-8-9-14-15(11)12-5-3-4-10-18-12/h8-9,12H,2-7,10H2,1H3. The summed E-state index contributed by atoms with van der Waals surface area (Å²) in [5.74, 6) is -0.158. The minimum atomic E-state index is -0.158. The predicted octanol–water partition coefficient (Wildman–Crippen LogP) is 2.08. The van der Waals surface area contributed by atoms with Gasteiger partial charge in [0.25, 0.3) is 0 Å². The zero-order valence-corrected chi connectivity index (χ0v) is 10.8. The molecule has 1 aromatic heterocycles. The Morgan fingerprint density at radius 2 is 2.50 bits per heavy atom. The fraction of sp³-hybridized carbons (Fsp3) is 0.692. The van der Waals surface area contributed by atoms with E-state index >= 15 is 0 Å². The molecule has 1 unspecified atom stereocenters. The quantitative estimate of drug-likeness (QED) is 0.753. The van der Waals surface area contributed by atoms with E-state index in [2.05, 4.69) is 5.10 Å². The van der Waals surface area contributed by atoms with Crippen LogP contribution in [-0.2, 0) is 20.7 Å². The lowest BCUT2D eigenvalue weighted by Gasteiger charge is -2.24. The Bertz CT molecular complexity index is 383. The van der Waals surface area contributed by atoms with Crippen molar-refractivity contribution in [3.63, 3.8) is 0 Å². The lowest BCUT2D eigenvalue weighted by molar-refractivity contribution is -0.143. The van der Waals surface area contributed by atoms with Crippen LogP contribution in [0, 0.1) is 0 Å². The molecule has 1 aliphatic heterocycles. The van der Waals surface area contributed by atoms with Gasteiger partial charge in [-0.2, -0.15) is 5.10 Å². The second-order valence-electron chi connectivity index (χ2n) is 4.39. The SMILES string of the molecule is CCOC(=O)CCc1ccnn1C1CCCCO1. The maximum atomic E-state index is 11.3. The molecule has 5 nitrogen and oxygen atoms in total. The lowest BCUT2D eigenvalue weighted by Crippen LogP contribution is -2.21. The van der Waals surface area contributed by atoms with Crippen molar-refractivity contribution in [2.75, 3.05) is 13.2 Å². The number of hydrogen-bond acceptors (Lipinski definition) is 4. The van der Waals surface area contributed by atoms with E-state index in [1.165, 1.54) is 6.42 Å². The molecule has 1 saturated heterocycles. The van der Waals surface area contributed by atoms with Gasteiger partial charge < -0.3 is 9.47 Å². The van der Waals surface area contributed by atoms with Gasteiger partial charge in [-0.15, -0.1) is 0 Å². The number of carbonyl (C=O) groups excluding carboxylic acids is 1. The Hall–Kier alpha value is -1.36. The van der Waals surface area contributed by atoms with E-state index in [0.29, 0.717) is 19.4 Å². The first-order valence-electron chi connectivity index (χ1n) is 6.61. The number of ether oxygens (including phenoxy) is 2. The smallest absolute Gasteiger partial charge is 0.306 e. The second kappa shape index (κ2) is 6.54. The van der Waals surface area contributed by atoms with Crippen molar-refractivity contribution in [3.8, 4) is 0 Å². The first-order valence-corrected chi connectivity index (χ1v) is 6.61. The highest BCUT2D eigenvalue weighted by atomic mass is 16.5. The van der Waals surface area contributed by atoms with Crippen LogP contribution < -0.4 is 0 Å². The van der Waals surface area contributed by atoms with Gasteiger partial charge in [0.15, 0.2) is 0 Å². The Balaban J connectivity index is 1.92. The summed E-state index contributed by atoms with van der Waals surface area (Å²) in [7, 11) is 0. The van der Waals surface area contributed by atoms with E-state index in [0.717, 1.165) is 25.1 Å². The molecule has 2 rings (SSSR count). The van der Waals surface area contributed by atoms with Crippen LogP contribution in [0.2, 0.25) is 0 Å². The predicted molar refractivity (Wildman–Crippen MR) is 66.0 cm³/mol. The summed E-state index contributed by atoms with van der Waals surface area (Å²) >= 11 is 0. The maximum Gasteiger partial charge on any atom is 0.306 e. The van der Waals surface area contributed by atoms with Crippen molar-refractivity contribution in [2.45, 2.75) is 45.3 Å². The summed E-state index contributed by atoms with van der Waals surface area (Å²) in [4.78, 5) is 11.3. The fourth-order valence-corrected chi connectivity index (χ4v) is 2.18. The van der Waals surface area contributed by atoms with Gasteiger partial charge in [-0.1, -0.05) is 0 Å². The third-order valence-electron chi connectivity index (χ3n) is 3.07. The van der Waals surface area contributed by atoms with Crippen molar-refractivity contribution in [2.24, 2.45) is 0 Å². The van der Waals surface area contributed by atoms with Crippen molar-refractivity contribution >= 4 is 5.97 Å². The van der Waals surface area contributed by atoms with Crippen molar-refractivity contribution in [1.82, 2.24) is 9.78 Å². The summed E-state index contributed by atoms with van der Waals surface area (Å²) in [5, 5.41) is 4.30. The molecule has 0 saturated carbocycles. The van der Waals surface area contributed by atoms with Crippen LogP contribution in [0.1, 0.15) is 44.5 Å². The van der Waals surface area contributed by atoms with E-state index in [1.807, 2.05) is 17.7 Å². The minimum absolute atomic E-state index is 0.0333. The Morgan fingerprint density at radius 1 is 1.61 bits per heavy atom. The number of nitrogens with zero attached hydrogens (tertiary/aromatic N) is 2. The van der Waals surface area contributed by atoms with Gasteiger partial charge in [-0.25, -0.2) is 4.68 Å². The average Bonchev–Trinajstić information content (AvgIpc) is 2.86. The molecule has 1 aliphatic rings. The highest BCUT2D eigenvalue weighted by Gasteiger charge is 2.19. The normalized spacial score (nSPS) is 19.7. The number of carbonyl (C=O) groups is 1. The molecule has 1 aromatic rings. The first kappa shape index (κ1) is 13.1. The molecule has 2 heterocycles. The molecule has 0 aromatic carbocycles. The van der Waals surface area contributed by atoms with E-state index in [9.17, 15) is 4.79 Å². The maximum absolute atomic E-state index is 11.3. The Labute approximate surface area is 107 Å². The Kier molecular flexibility index (Phi) is 4.75. The van der Waals surface area contributed by atoms with Crippen LogP contribution in [0.5, 0.6) is 0 Å². The highest BCUT2D eigenvalue weighted by molar-refractivity contribution is 5.69. The molecular weight excluding hydrogens is 232 g/mol. The molecule has 100 valence electrons. The topological polar surface area (TPSA) is 53.3 Å². The first-order chi connectivity index (χ1) is 8.81. The van der Waals surface area contributed by atoms with E-state index < -0.39 is 0 Å². The number of aromatic nitrogens is 2. The third-order valence-corrected chi connectivity index (χ3v) is 3.07. The van der Waals surface area contributed by atoms with Gasteiger partial charge in [-0.05, 0) is 38.7 Å². The van der Waals surface area contributed by atoms with Crippen molar-refractivity contribution in [1.29, 1.82) is 0 Å². The zero-order valence-electron chi connectivity index (χ0n) is 10.8. The molecule has 1 fully saturated rings. The van der Waals surface area contributed by atoms with Crippen molar-refractivity contribution in [3.05, 3.63) is 18.0 Å². The number of aryl methyl sites for hydroxylation is 1. The molecular formula is C13H20N2O3. The van der Waals surface area contributed by atoms with Crippen LogP contribution in [0.15, 0.2) is 12.3 Å². The van der Waals surface area contributed by atoms with Gasteiger partial charge >= 0.3 is 5.97 Å². The summed E-state index contributed by atoms with van der Waals surface area (Å²) in [6, 6.07) is 1.94.